The van der Waals surface area contributed by atoms with Gasteiger partial charge in [-0.3, -0.25) is 29.7 Å². The maximum Gasteiger partial charge on any atom is 0.329 e. The first kappa shape index (κ1) is 40.5. The van der Waals surface area contributed by atoms with E-state index in [9.17, 15) is 18.0 Å². The van der Waals surface area contributed by atoms with Gasteiger partial charge in [0.15, 0.2) is 11.6 Å². The lowest BCUT2D eigenvalue weighted by Gasteiger charge is -2.45. The number of aryl methyl sites for hydroxylation is 1. The number of fused-ring (bicyclic) bond motifs is 2. The number of hydrogen-bond donors (Lipinski definition) is 3. The van der Waals surface area contributed by atoms with Crippen LogP contribution in [-0.4, -0.2) is 104 Å². The van der Waals surface area contributed by atoms with Crippen molar-refractivity contribution in [1.29, 1.82) is 0 Å². The Morgan fingerprint density at radius 2 is 1.74 bits per heavy atom. The van der Waals surface area contributed by atoms with E-state index in [-0.39, 0.29) is 46.4 Å². The average molecular weight is 862 g/mol. The van der Waals surface area contributed by atoms with E-state index in [0.717, 1.165) is 28.2 Å². The van der Waals surface area contributed by atoms with Crippen LogP contribution in [0.2, 0.25) is 0 Å². The van der Waals surface area contributed by atoms with Gasteiger partial charge in [0.25, 0.3) is 0 Å². The molecule has 320 valence electrons. The fourth-order valence-electron chi connectivity index (χ4n) is 7.98. The monoisotopic (exact) mass is 861 g/mol. The highest BCUT2D eigenvalue weighted by molar-refractivity contribution is 7.91. The van der Waals surface area contributed by atoms with Gasteiger partial charge in [-0.25, -0.2) is 22.6 Å². The van der Waals surface area contributed by atoms with Crippen molar-refractivity contribution in [2.45, 2.75) is 55.5 Å². The zero-order valence-electron chi connectivity index (χ0n) is 34.6. The molecule has 62 heavy (non-hydrogen) atoms. The number of carbonyl (C=O) groups is 2. The van der Waals surface area contributed by atoms with Crippen LogP contribution in [0.1, 0.15) is 39.7 Å². The second-order valence-corrected chi connectivity index (χ2v) is 18.0. The molecule has 0 spiro atoms. The zero-order valence-corrected chi connectivity index (χ0v) is 35.4. The number of piperazine rings is 1. The molecule has 7 aromatic rings. The normalized spacial score (nSPS) is 15.5. The lowest BCUT2D eigenvalue weighted by atomic mass is 9.91. The second-order valence-electron chi connectivity index (χ2n) is 16.0. The van der Waals surface area contributed by atoms with Gasteiger partial charge >= 0.3 is 6.03 Å². The van der Waals surface area contributed by atoms with Crippen LogP contribution in [0.25, 0.3) is 27.8 Å². The van der Waals surface area contributed by atoms with Crippen molar-refractivity contribution in [2.24, 2.45) is 7.05 Å². The van der Waals surface area contributed by atoms with Crippen molar-refractivity contribution in [3.05, 3.63) is 90.8 Å². The van der Waals surface area contributed by atoms with Crippen LogP contribution < -0.4 is 25.2 Å². The molecule has 6 heterocycles. The molecule has 0 bridgehead atoms. The number of sulfone groups is 1. The standard InChI is InChI=1S/C42H44FN13O5S/c1-25(2)61-37-36(26-22-45-46-23-26)44-24-56-39(37)49-40(51-56)47-33-12-10-30(21-32(33)43)62(59,60)29-8-6-7-27(19-29)42(3,4)54-17-15-53(16-18-54)28-9-11-31-34(20-28)52(5)50-38(31)55-14-13-35(57)48-41(55)58/h6-12,19-25H,13-18H2,1-5H3,(H,45,46)(H,47,51)(H,48,57,58). The molecule has 2 aliphatic heterocycles. The van der Waals surface area contributed by atoms with E-state index < -0.39 is 27.2 Å². The Balaban J connectivity index is 0.889. The number of imide groups is 1. The third-order valence-corrected chi connectivity index (χ3v) is 13.1. The number of ether oxygens (including phenoxy) is 1. The van der Waals surface area contributed by atoms with Crippen LogP contribution >= 0.6 is 0 Å². The Morgan fingerprint density at radius 3 is 2.47 bits per heavy atom. The van der Waals surface area contributed by atoms with Crippen LogP contribution in [0.15, 0.2) is 89.2 Å². The maximum absolute atomic E-state index is 15.7. The molecule has 4 aromatic heterocycles. The van der Waals surface area contributed by atoms with Crippen LogP contribution in [0.4, 0.5) is 32.3 Å². The summed E-state index contributed by atoms with van der Waals surface area (Å²) >= 11 is 0. The number of nitrogens with one attached hydrogen (secondary N) is 3. The summed E-state index contributed by atoms with van der Waals surface area (Å²) in [5, 5.41) is 21.8. The lowest BCUT2D eigenvalue weighted by molar-refractivity contribution is -0.120. The first-order valence-corrected chi connectivity index (χ1v) is 21.6. The molecule has 0 saturated carbocycles. The Morgan fingerprint density at radius 1 is 0.952 bits per heavy atom. The number of carbonyl (C=O) groups excluding carboxylic acids is 2. The molecule has 0 aliphatic carbocycles. The number of nitrogens with zero attached hydrogens (tertiary/aromatic N) is 10. The zero-order chi connectivity index (χ0) is 43.5. The van der Waals surface area contributed by atoms with E-state index in [1.54, 1.807) is 29.2 Å². The van der Waals surface area contributed by atoms with Crippen LogP contribution in [0, 0.1) is 5.82 Å². The molecule has 0 unspecified atom stereocenters. The number of H-pyrrole nitrogens is 1. The lowest BCUT2D eigenvalue weighted by Crippen LogP contribution is -2.53. The number of benzene rings is 3. The Hall–Kier alpha value is -6.93. The molecule has 2 saturated heterocycles. The number of anilines is 4. The van der Waals surface area contributed by atoms with Gasteiger partial charge in [-0.05, 0) is 81.8 Å². The smallest absolute Gasteiger partial charge is 0.329 e. The van der Waals surface area contributed by atoms with Gasteiger partial charge in [0.05, 0.1) is 33.3 Å². The van der Waals surface area contributed by atoms with E-state index in [0.29, 0.717) is 54.7 Å². The Kier molecular flexibility index (Phi) is 10.1. The average Bonchev–Trinajstić information content (AvgIpc) is 4.01. The highest BCUT2D eigenvalue weighted by Gasteiger charge is 2.34. The predicted molar refractivity (Wildman–Crippen MR) is 229 cm³/mol. The van der Waals surface area contributed by atoms with Crippen LogP contribution in [0.5, 0.6) is 5.75 Å². The summed E-state index contributed by atoms with van der Waals surface area (Å²) in [4.78, 5) is 39.3. The molecule has 9 rings (SSSR count). The van der Waals surface area contributed by atoms with Crippen molar-refractivity contribution in [3.63, 3.8) is 0 Å². The van der Waals surface area contributed by atoms with Gasteiger partial charge in [-0.2, -0.15) is 19.7 Å². The predicted octanol–water partition coefficient (Wildman–Crippen LogP) is 5.41. The number of aromatic nitrogens is 8. The number of rotatable bonds is 11. The van der Waals surface area contributed by atoms with Gasteiger partial charge in [0.1, 0.15) is 17.8 Å². The molecular weight excluding hydrogens is 818 g/mol. The fraction of sp³-hybridized carbons (Fsp3) is 0.310. The van der Waals surface area contributed by atoms with Crippen molar-refractivity contribution in [3.8, 4) is 17.0 Å². The number of halogens is 1. The first-order chi connectivity index (χ1) is 29.7. The van der Waals surface area contributed by atoms with Crippen LogP contribution in [0.3, 0.4) is 0 Å². The minimum atomic E-state index is -4.12. The van der Waals surface area contributed by atoms with E-state index in [4.69, 9.17) is 4.74 Å². The van der Waals surface area contributed by atoms with E-state index >= 15 is 4.39 Å². The van der Waals surface area contributed by atoms with Gasteiger partial charge in [0, 0.05) is 74.6 Å². The Bertz CT molecular complexity index is 2980. The summed E-state index contributed by atoms with van der Waals surface area (Å²) < 4.78 is 53.0. The van der Waals surface area contributed by atoms with E-state index in [1.807, 2.05) is 39.1 Å². The Labute approximate surface area is 355 Å². The SMILES string of the molecule is CC(C)Oc1c(-c2cn[nH]c2)ncn2nc(Nc3ccc(S(=O)(=O)c4cccc(C(C)(C)N5CCN(c6ccc7c(N8CCC(=O)NC8=O)nn(C)c7c6)CC5)c4)cc3F)nc12. The number of hydrogen-bond acceptors (Lipinski definition) is 13. The third-order valence-electron chi connectivity index (χ3n) is 11.4. The largest absolute Gasteiger partial charge is 0.485 e. The summed E-state index contributed by atoms with van der Waals surface area (Å²) in [6.45, 7) is 11.0. The minimum Gasteiger partial charge on any atom is -0.485 e. The van der Waals surface area contributed by atoms with Gasteiger partial charge in [-0.15, -0.1) is 5.10 Å². The quantitative estimate of drug-likeness (QED) is 0.149. The van der Waals surface area contributed by atoms with Crippen molar-refractivity contribution < 1.29 is 27.1 Å². The molecule has 3 amide bonds. The van der Waals surface area contributed by atoms with Crippen molar-refractivity contribution >= 4 is 61.5 Å². The number of amides is 3. The summed E-state index contributed by atoms with van der Waals surface area (Å²) in [5.41, 5.74) is 3.68. The highest BCUT2D eigenvalue weighted by atomic mass is 32.2. The molecule has 0 atom stereocenters. The summed E-state index contributed by atoms with van der Waals surface area (Å²) in [6, 6.07) is 16.1. The molecule has 2 fully saturated rings. The molecule has 2 aliphatic rings. The summed E-state index contributed by atoms with van der Waals surface area (Å²) in [7, 11) is -2.28. The topological polar surface area (TPSA) is 201 Å². The molecule has 20 heteroatoms. The minimum absolute atomic E-state index is 0.0153. The van der Waals surface area contributed by atoms with Gasteiger partial charge in [-0.1, -0.05) is 12.1 Å². The molecular formula is C42H44FN13O5S. The number of aromatic amines is 1. The van der Waals surface area contributed by atoms with Gasteiger partial charge in [0.2, 0.25) is 27.3 Å². The number of urea groups is 1. The van der Waals surface area contributed by atoms with Crippen LogP contribution in [-0.2, 0) is 27.2 Å². The molecule has 0 radical (unpaired) electrons. The second kappa shape index (κ2) is 15.5. The first-order valence-electron chi connectivity index (χ1n) is 20.1. The van der Waals surface area contributed by atoms with Crippen molar-refractivity contribution in [1.82, 2.24) is 49.8 Å². The van der Waals surface area contributed by atoms with Gasteiger partial charge < -0.3 is 15.0 Å². The third kappa shape index (κ3) is 7.33. The molecule has 3 aromatic carbocycles. The molecule has 18 nitrogen and oxygen atoms in total. The van der Waals surface area contributed by atoms with E-state index in [1.165, 1.54) is 33.9 Å². The highest BCUT2D eigenvalue weighted by Crippen LogP contribution is 2.36. The summed E-state index contributed by atoms with van der Waals surface area (Å²) in [5.74, 6) is -0.152. The molecule has 3 N–H and O–H groups in total. The fourth-order valence-corrected chi connectivity index (χ4v) is 9.30. The van der Waals surface area contributed by atoms with E-state index in [2.05, 4.69) is 70.7 Å². The van der Waals surface area contributed by atoms with Crippen molar-refractivity contribution in [2.75, 3.05) is 47.8 Å². The maximum atomic E-state index is 15.7. The summed E-state index contributed by atoms with van der Waals surface area (Å²) in [6.07, 6.45) is 4.77.